The SMILES string of the molecule is NS(=O)(=O)c1cc(C(=O)NCc2ccccc2)c(S(=O)(=O)c2ccccc2)cc1Cl. The summed E-state index contributed by atoms with van der Waals surface area (Å²) in [5.74, 6) is -0.782. The highest BCUT2D eigenvalue weighted by molar-refractivity contribution is 7.91. The molecular formula is C20H17ClN2O5S2. The maximum Gasteiger partial charge on any atom is 0.252 e. The average molecular weight is 465 g/mol. The molecule has 0 atom stereocenters. The van der Waals surface area contributed by atoms with E-state index in [1.807, 2.05) is 6.07 Å². The van der Waals surface area contributed by atoms with Crippen LogP contribution in [0.1, 0.15) is 15.9 Å². The average Bonchev–Trinajstić information content (AvgIpc) is 2.72. The highest BCUT2D eigenvalue weighted by Gasteiger charge is 2.28. The molecule has 0 aliphatic heterocycles. The molecule has 0 radical (unpaired) electrons. The number of halogens is 1. The molecule has 0 unspecified atom stereocenters. The molecule has 0 spiro atoms. The van der Waals surface area contributed by atoms with Gasteiger partial charge in [-0.15, -0.1) is 0 Å². The van der Waals surface area contributed by atoms with Crippen LogP contribution in [0.25, 0.3) is 0 Å². The molecule has 0 bridgehead atoms. The van der Waals surface area contributed by atoms with Crippen LogP contribution in [0.5, 0.6) is 0 Å². The van der Waals surface area contributed by atoms with Gasteiger partial charge >= 0.3 is 0 Å². The van der Waals surface area contributed by atoms with Crippen molar-refractivity contribution in [2.45, 2.75) is 21.2 Å². The normalized spacial score (nSPS) is 11.8. The van der Waals surface area contributed by atoms with Gasteiger partial charge in [-0.1, -0.05) is 60.1 Å². The summed E-state index contributed by atoms with van der Waals surface area (Å²) in [4.78, 5) is 11.8. The van der Waals surface area contributed by atoms with Crippen molar-refractivity contribution >= 4 is 37.4 Å². The van der Waals surface area contributed by atoms with Crippen molar-refractivity contribution in [3.63, 3.8) is 0 Å². The molecule has 0 aliphatic carbocycles. The Kier molecular flexibility index (Phi) is 6.27. The zero-order chi connectivity index (χ0) is 21.9. The molecular weight excluding hydrogens is 448 g/mol. The van der Waals surface area contributed by atoms with Crippen LogP contribution >= 0.6 is 11.6 Å². The highest BCUT2D eigenvalue weighted by atomic mass is 35.5. The fourth-order valence-corrected chi connectivity index (χ4v) is 5.40. The molecule has 0 aliphatic rings. The van der Waals surface area contributed by atoms with E-state index >= 15 is 0 Å². The Balaban J connectivity index is 2.12. The third-order valence-corrected chi connectivity index (χ3v) is 7.41. The van der Waals surface area contributed by atoms with E-state index in [0.717, 1.165) is 17.7 Å². The molecule has 1 amide bonds. The number of rotatable bonds is 6. The minimum absolute atomic E-state index is 0.0680. The van der Waals surface area contributed by atoms with E-state index in [4.69, 9.17) is 16.7 Å². The van der Waals surface area contributed by atoms with Gasteiger partial charge in [-0.3, -0.25) is 4.79 Å². The van der Waals surface area contributed by atoms with Crippen molar-refractivity contribution < 1.29 is 21.6 Å². The summed E-state index contributed by atoms with van der Waals surface area (Å²) in [7, 11) is -8.45. The van der Waals surface area contributed by atoms with E-state index in [-0.39, 0.29) is 17.0 Å². The number of carbonyl (C=O) groups is 1. The zero-order valence-corrected chi connectivity index (χ0v) is 17.8. The van der Waals surface area contributed by atoms with Crippen molar-refractivity contribution in [3.8, 4) is 0 Å². The Morgan fingerprint density at radius 1 is 0.867 bits per heavy atom. The molecule has 3 rings (SSSR count). The quantitative estimate of drug-likeness (QED) is 0.580. The molecule has 156 valence electrons. The van der Waals surface area contributed by atoms with Gasteiger partial charge in [0.25, 0.3) is 5.91 Å². The van der Waals surface area contributed by atoms with Gasteiger partial charge in [0.1, 0.15) is 4.90 Å². The number of amides is 1. The minimum Gasteiger partial charge on any atom is -0.348 e. The predicted molar refractivity (Wildman–Crippen MR) is 112 cm³/mol. The van der Waals surface area contributed by atoms with Crippen LogP contribution in [0, 0.1) is 0 Å². The number of primary sulfonamides is 1. The van der Waals surface area contributed by atoms with Gasteiger partial charge in [-0.25, -0.2) is 22.0 Å². The Hall–Kier alpha value is -2.72. The van der Waals surface area contributed by atoms with Gasteiger partial charge < -0.3 is 5.32 Å². The van der Waals surface area contributed by atoms with Crippen LogP contribution in [0.4, 0.5) is 0 Å². The number of carbonyl (C=O) groups excluding carboxylic acids is 1. The number of hydrogen-bond donors (Lipinski definition) is 2. The second-order valence-corrected chi connectivity index (χ2v) is 10.2. The maximum atomic E-state index is 13.1. The Bertz CT molecular complexity index is 1290. The van der Waals surface area contributed by atoms with E-state index in [0.29, 0.717) is 0 Å². The molecule has 0 aromatic heterocycles. The molecule has 3 aromatic carbocycles. The lowest BCUT2D eigenvalue weighted by atomic mass is 10.2. The lowest BCUT2D eigenvalue weighted by Crippen LogP contribution is -2.26. The van der Waals surface area contributed by atoms with Crippen LogP contribution in [-0.2, 0) is 26.4 Å². The van der Waals surface area contributed by atoms with Gasteiger partial charge in [0.15, 0.2) is 0 Å². The van der Waals surface area contributed by atoms with Crippen molar-refractivity contribution in [2.75, 3.05) is 0 Å². The van der Waals surface area contributed by atoms with Crippen molar-refractivity contribution in [3.05, 3.63) is 88.9 Å². The summed E-state index contributed by atoms with van der Waals surface area (Å²) < 4.78 is 50.0. The first-order chi connectivity index (χ1) is 14.1. The Labute approximate surface area is 179 Å². The number of sulfone groups is 1. The van der Waals surface area contributed by atoms with E-state index in [2.05, 4.69) is 5.32 Å². The second-order valence-electron chi connectivity index (χ2n) is 6.31. The van der Waals surface area contributed by atoms with Gasteiger partial charge in [0, 0.05) is 6.54 Å². The lowest BCUT2D eigenvalue weighted by molar-refractivity contribution is 0.0947. The fourth-order valence-electron chi connectivity index (χ4n) is 2.75. The predicted octanol–water partition coefficient (Wildman–Crippen LogP) is 2.75. The van der Waals surface area contributed by atoms with Crippen molar-refractivity contribution in [1.82, 2.24) is 5.32 Å². The van der Waals surface area contributed by atoms with E-state index in [1.165, 1.54) is 24.3 Å². The molecule has 7 nitrogen and oxygen atoms in total. The van der Waals surface area contributed by atoms with Gasteiger partial charge in [-0.2, -0.15) is 0 Å². The van der Waals surface area contributed by atoms with Crippen LogP contribution in [0.3, 0.4) is 0 Å². The first-order valence-electron chi connectivity index (χ1n) is 8.59. The fraction of sp³-hybridized carbons (Fsp3) is 0.0500. The van der Waals surface area contributed by atoms with Gasteiger partial charge in [0.05, 0.1) is 20.4 Å². The minimum atomic E-state index is -4.29. The van der Waals surface area contributed by atoms with Gasteiger partial charge in [0.2, 0.25) is 19.9 Å². The third-order valence-electron chi connectivity index (χ3n) is 4.22. The largest absolute Gasteiger partial charge is 0.348 e. The van der Waals surface area contributed by atoms with Crippen LogP contribution < -0.4 is 10.5 Å². The molecule has 0 fully saturated rings. The number of nitrogens with two attached hydrogens (primary N) is 1. The Morgan fingerprint density at radius 2 is 1.43 bits per heavy atom. The molecule has 30 heavy (non-hydrogen) atoms. The standard InChI is InChI=1S/C20H17ClN2O5S2/c21-17-12-18(29(25,26)15-9-5-2-6-10-15)16(11-19(17)30(22,27)28)20(24)23-13-14-7-3-1-4-8-14/h1-12H,13H2,(H,23,24)(H2,22,27,28). The summed E-state index contributed by atoms with van der Waals surface area (Å²) in [6, 6.07) is 18.2. The number of hydrogen-bond acceptors (Lipinski definition) is 5. The molecule has 3 aromatic rings. The van der Waals surface area contributed by atoms with E-state index in [1.54, 1.807) is 30.3 Å². The van der Waals surface area contributed by atoms with Crippen LogP contribution in [0.15, 0.2) is 87.5 Å². The summed E-state index contributed by atoms with van der Waals surface area (Å²) in [5, 5.41) is 7.37. The zero-order valence-electron chi connectivity index (χ0n) is 15.4. The van der Waals surface area contributed by atoms with Crippen molar-refractivity contribution in [1.29, 1.82) is 0 Å². The number of nitrogens with one attached hydrogen (secondary N) is 1. The molecule has 0 saturated carbocycles. The van der Waals surface area contributed by atoms with Gasteiger partial charge in [-0.05, 0) is 29.8 Å². The summed E-state index contributed by atoms with van der Waals surface area (Å²) in [5.41, 5.74) is 0.405. The topological polar surface area (TPSA) is 123 Å². The molecule has 0 heterocycles. The Morgan fingerprint density at radius 3 is 2.00 bits per heavy atom. The maximum absolute atomic E-state index is 13.1. The van der Waals surface area contributed by atoms with Crippen LogP contribution in [-0.4, -0.2) is 22.7 Å². The summed E-state index contributed by atoms with van der Waals surface area (Å²) in [6.45, 7) is 0.109. The third kappa shape index (κ3) is 4.71. The van der Waals surface area contributed by atoms with Crippen LogP contribution in [0.2, 0.25) is 5.02 Å². The smallest absolute Gasteiger partial charge is 0.252 e. The second kappa shape index (κ2) is 8.57. The number of sulfonamides is 1. The molecule has 10 heteroatoms. The number of benzene rings is 3. The van der Waals surface area contributed by atoms with Crippen molar-refractivity contribution in [2.24, 2.45) is 5.14 Å². The summed E-state index contributed by atoms with van der Waals surface area (Å²) >= 11 is 6.00. The lowest BCUT2D eigenvalue weighted by Gasteiger charge is -2.14. The van der Waals surface area contributed by atoms with E-state index < -0.39 is 40.6 Å². The highest BCUT2D eigenvalue weighted by Crippen LogP contribution is 2.31. The summed E-state index contributed by atoms with van der Waals surface area (Å²) in [6.07, 6.45) is 0. The monoisotopic (exact) mass is 464 g/mol. The molecule has 0 saturated heterocycles. The first kappa shape index (κ1) is 22.0. The molecule has 3 N–H and O–H groups in total. The van der Waals surface area contributed by atoms with E-state index in [9.17, 15) is 21.6 Å². The first-order valence-corrected chi connectivity index (χ1v) is 12.0.